The summed E-state index contributed by atoms with van der Waals surface area (Å²) in [6.45, 7) is 1.29. The highest BCUT2D eigenvalue weighted by Gasteiger charge is 2.18. The molecule has 2 aromatic rings. The summed E-state index contributed by atoms with van der Waals surface area (Å²) >= 11 is 5.86. The predicted octanol–water partition coefficient (Wildman–Crippen LogP) is 2.93. The predicted molar refractivity (Wildman–Crippen MR) is 61.4 cm³/mol. The first-order valence-electron chi connectivity index (χ1n) is 5.12. The fourth-order valence-corrected chi connectivity index (χ4v) is 1.96. The third-order valence-corrected chi connectivity index (χ3v) is 2.79. The van der Waals surface area contributed by atoms with Crippen LogP contribution in [-0.2, 0) is 9.47 Å². The summed E-state index contributed by atoms with van der Waals surface area (Å²) in [5, 5.41) is 1.56. The Bertz CT molecular complexity index is 523. The fourth-order valence-electron chi connectivity index (χ4n) is 1.81. The number of hydrogen-bond donors (Lipinski definition) is 0. The van der Waals surface area contributed by atoms with Gasteiger partial charge in [0.2, 0.25) is 0 Å². The minimum Gasteiger partial charge on any atom is -0.346 e. The van der Waals surface area contributed by atoms with Gasteiger partial charge >= 0.3 is 0 Å². The summed E-state index contributed by atoms with van der Waals surface area (Å²) in [6.07, 6.45) is -0.259. The van der Waals surface area contributed by atoms with Gasteiger partial charge in [0, 0.05) is 10.9 Å². The normalized spacial score (nSPS) is 17.1. The summed E-state index contributed by atoms with van der Waals surface area (Å²) in [4.78, 5) is 4.26. The van der Waals surface area contributed by atoms with E-state index in [1.807, 2.05) is 24.3 Å². The first-order chi connectivity index (χ1) is 7.83. The Morgan fingerprint density at radius 2 is 1.88 bits per heavy atom. The maximum Gasteiger partial charge on any atom is 0.184 e. The minimum absolute atomic E-state index is 0.259. The molecule has 0 unspecified atom stereocenters. The van der Waals surface area contributed by atoms with Crippen LogP contribution >= 0.6 is 11.6 Å². The van der Waals surface area contributed by atoms with Crippen molar-refractivity contribution in [3.63, 3.8) is 0 Å². The zero-order valence-corrected chi connectivity index (χ0v) is 9.28. The number of pyridine rings is 1. The molecule has 1 aliphatic rings. The average molecular weight is 236 g/mol. The van der Waals surface area contributed by atoms with Gasteiger partial charge in [-0.25, -0.2) is 4.98 Å². The average Bonchev–Trinajstić information content (AvgIpc) is 2.81. The van der Waals surface area contributed by atoms with Crippen molar-refractivity contribution in [3.05, 3.63) is 41.0 Å². The Labute approximate surface area is 98.0 Å². The standard InChI is InChI=1S/C12H10ClNO2/c13-11-4-3-8-1-2-9(7-10(8)14-11)12-15-5-6-16-12/h1-4,7,12H,5-6H2. The van der Waals surface area contributed by atoms with E-state index in [4.69, 9.17) is 21.1 Å². The molecule has 0 atom stereocenters. The molecule has 82 valence electrons. The number of benzene rings is 1. The second kappa shape index (κ2) is 4.01. The van der Waals surface area contributed by atoms with Gasteiger partial charge in [0.25, 0.3) is 0 Å². The van der Waals surface area contributed by atoms with Crippen LogP contribution in [0.1, 0.15) is 11.9 Å². The molecule has 4 heteroatoms. The van der Waals surface area contributed by atoms with Crippen LogP contribution in [0.3, 0.4) is 0 Å². The van der Waals surface area contributed by atoms with Crippen molar-refractivity contribution in [1.29, 1.82) is 0 Å². The Kier molecular flexibility index (Phi) is 2.52. The Balaban J connectivity index is 2.07. The Hall–Kier alpha value is -1.16. The second-order valence-electron chi connectivity index (χ2n) is 3.66. The molecule has 0 radical (unpaired) electrons. The number of ether oxygens (including phenoxy) is 2. The van der Waals surface area contributed by atoms with Gasteiger partial charge < -0.3 is 9.47 Å². The second-order valence-corrected chi connectivity index (χ2v) is 4.05. The van der Waals surface area contributed by atoms with Crippen LogP contribution in [-0.4, -0.2) is 18.2 Å². The van der Waals surface area contributed by atoms with Crippen LogP contribution in [0.4, 0.5) is 0 Å². The number of hydrogen-bond acceptors (Lipinski definition) is 3. The molecule has 0 spiro atoms. The van der Waals surface area contributed by atoms with E-state index in [-0.39, 0.29) is 6.29 Å². The Morgan fingerprint density at radius 1 is 1.12 bits per heavy atom. The quantitative estimate of drug-likeness (QED) is 0.713. The van der Waals surface area contributed by atoms with Gasteiger partial charge in [-0.3, -0.25) is 0 Å². The molecule has 1 saturated heterocycles. The summed E-state index contributed by atoms with van der Waals surface area (Å²) in [6, 6.07) is 9.68. The highest BCUT2D eigenvalue weighted by molar-refractivity contribution is 6.29. The van der Waals surface area contributed by atoms with E-state index in [2.05, 4.69) is 4.98 Å². The van der Waals surface area contributed by atoms with Crippen molar-refractivity contribution >= 4 is 22.5 Å². The molecule has 2 heterocycles. The molecule has 3 rings (SSSR count). The lowest BCUT2D eigenvalue weighted by Gasteiger charge is -2.09. The maximum absolute atomic E-state index is 5.86. The molecule has 0 bridgehead atoms. The number of aromatic nitrogens is 1. The highest BCUT2D eigenvalue weighted by Crippen LogP contribution is 2.26. The van der Waals surface area contributed by atoms with Crippen molar-refractivity contribution in [3.8, 4) is 0 Å². The summed E-state index contributed by atoms with van der Waals surface area (Å²) in [5.41, 5.74) is 1.85. The molecule has 0 N–H and O–H groups in total. The monoisotopic (exact) mass is 235 g/mol. The molecule has 1 aromatic heterocycles. The highest BCUT2D eigenvalue weighted by atomic mass is 35.5. The lowest BCUT2D eigenvalue weighted by Crippen LogP contribution is -1.97. The lowest BCUT2D eigenvalue weighted by molar-refractivity contribution is -0.0440. The van der Waals surface area contributed by atoms with E-state index in [9.17, 15) is 0 Å². The molecular formula is C12H10ClNO2. The zero-order chi connectivity index (χ0) is 11.0. The molecule has 1 aliphatic heterocycles. The number of rotatable bonds is 1. The molecule has 0 amide bonds. The number of fused-ring (bicyclic) bond motifs is 1. The van der Waals surface area contributed by atoms with Crippen LogP contribution < -0.4 is 0 Å². The third kappa shape index (κ3) is 1.78. The number of halogens is 1. The van der Waals surface area contributed by atoms with E-state index in [1.54, 1.807) is 6.07 Å². The summed E-state index contributed by atoms with van der Waals surface area (Å²) in [7, 11) is 0. The van der Waals surface area contributed by atoms with Crippen molar-refractivity contribution in [2.75, 3.05) is 13.2 Å². The third-order valence-electron chi connectivity index (χ3n) is 2.58. The van der Waals surface area contributed by atoms with Crippen molar-refractivity contribution in [2.45, 2.75) is 6.29 Å². The molecule has 16 heavy (non-hydrogen) atoms. The summed E-state index contributed by atoms with van der Waals surface area (Å²) in [5.74, 6) is 0. The van der Waals surface area contributed by atoms with Crippen molar-refractivity contribution < 1.29 is 9.47 Å². The molecule has 0 aliphatic carbocycles. The van der Waals surface area contributed by atoms with Gasteiger partial charge in [-0.1, -0.05) is 23.7 Å². The molecule has 3 nitrogen and oxygen atoms in total. The van der Waals surface area contributed by atoms with Crippen LogP contribution in [0.15, 0.2) is 30.3 Å². The maximum atomic E-state index is 5.86. The Morgan fingerprint density at radius 3 is 2.69 bits per heavy atom. The topological polar surface area (TPSA) is 31.4 Å². The van der Waals surface area contributed by atoms with E-state index in [0.717, 1.165) is 16.5 Å². The smallest absolute Gasteiger partial charge is 0.184 e. The van der Waals surface area contributed by atoms with Gasteiger partial charge in [0.15, 0.2) is 6.29 Å². The lowest BCUT2D eigenvalue weighted by atomic mass is 10.1. The van der Waals surface area contributed by atoms with Gasteiger partial charge in [-0.05, 0) is 18.2 Å². The van der Waals surface area contributed by atoms with Gasteiger partial charge in [-0.15, -0.1) is 0 Å². The molecule has 0 saturated carbocycles. The van der Waals surface area contributed by atoms with Crippen LogP contribution in [0.5, 0.6) is 0 Å². The largest absolute Gasteiger partial charge is 0.346 e. The van der Waals surface area contributed by atoms with E-state index in [0.29, 0.717) is 18.4 Å². The van der Waals surface area contributed by atoms with Crippen LogP contribution in [0.2, 0.25) is 5.15 Å². The molecule has 1 aromatic carbocycles. The van der Waals surface area contributed by atoms with Gasteiger partial charge in [-0.2, -0.15) is 0 Å². The van der Waals surface area contributed by atoms with E-state index >= 15 is 0 Å². The van der Waals surface area contributed by atoms with Crippen LogP contribution in [0, 0.1) is 0 Å². The summed E-state index contributed by atoms with van der Waals surface area (Å²) < 4.78 is 10.9. The van der Waals surface area contributed by atoms with Crippen LogP contribution in [0.25, 0.3) is 10.9 Å². The van der Waals surface area contributed by atoms with Crippen molar-refractivity contribution in [2.24, 2.45) is 0 Å². The first kappa shape index (κ1) is 10.0. The molecular weight excluding hydrogens is 226 g/mol. The van der Waals surface area contributed by atoms with Crippen molar-refractivity contribution in [1.82, 2.24) is 4.98 Å². The first-order valence-corrected chi connectivity index (χ1v) is 5.50. The fraction of sp³-hybridized carbons (Fsp3) is 0.250. The van der Waals surface area contributed by atoms with E-state index < -0.39 is 0 Å². The number of nitrogens with zero attached hydrogens (tertiary/aromatic N) is 1. The van der Waals surface area contributed by atoms with Gasteiger partial charge in [0.05, 0.1) is 18.7 Å². The van der Waals surface area contributed by atoms with Gasteiger partial charge in [0.1, 0.15) is 5.15 Å². The van der Waals surface area contributed by atoms with E-state index in [1.165, 1.54) is 0 Å². The minimum atomic E-state index is -0.259. The SMILES string of the molecule is Clc1ccc2ccc(C3OCCO3)cc2n1. The molecule has 1 fully saturated rings. The zero-order valence-electron chi connectivity index (χ0n) is 8.52.